The fourth-order valence-electron chi connectivity index (χ4n) is 3.33. The number of ether oxygens (including phenoxy) is 1. The van der Waals surface area contributed by atoms with E-state index >= 15 is 0 Å². The van der Waals surface area contributed by atoms with Crippen molar-refractivity contribution < 1.29 is 9.53 Å². The average Bonchev–Trinajstić information content (AvgIpc) is 3.23. The Kier molecular flexibility index (Phi) is 6.40. The highest BCUT2D eigenvalue weighted by molar-refractivity contribution is 7.22. The fraction of sp³-hybridized carbons (Fsp3) is 0.200. The first-order valence-corrected chi connectivity index (χ1v) is 11.0. The summed E-state index contributed by atoms with van der Waals surface area (Å²) in [6.45, 7) is 2.95. The highest BCUT2D eigenvalue weighted by Crippen LogP contribution is 2.32. The van der Waals surface area contributed by atoms with E-state index < -0.39 is 0 Å². The molecule has 0 spiro atoms. The van der Waals surface area contributed by atoms with Gasteiger partial charge in [0.05, 0.1) is 29.8 Å². The molecule has 1 aromatic heterocycles. The summed E-state index contributed by atoms with van der Waals surface area (Å²) in [4.78, 5) is 19.8. The lowest BCUT2D eigenvalue weighted by atomic mass is 10.1. The van der Waals surface area contributed by atoms with Gasteiger partial charge < -0.3 is 4.74 Å². The topological polar surface area (TPSA) is 42.4 Å². The lowest BCUT2D eigenvalue weighted by Crippen LogP contribution is -2.31. The molecule has 0 N–H and O–H groups in total. The van der Waals surface area contributed by atoms with Crippen molar-refractivity contribution in [1.29, 1.82) is 0 Å². The van der Waals surface area contributed by atoms with Crippen LogP contribution in [0.3, 0.4) is 0 Å². The Morgan fingerprint density at radius 1 is 0.967 bits per heavy atom. The molecule has 0 fully saturated rings. The Morgan fingerprint density at radius 3 is 2.43 bits per heavy atom. The summed E-state index contributed by atoms with van der Waals surface area (Å²) >= 11 is 1.57. The fourth-order valence-corrected chi connectivity index (χ4v) is 4.36. The van der Waals surface area contributed by atoms with Crippen molar-refractivity contribution in [2.75, 3.05) is 11.5 Å². The molecule has 1 amide bonds. The summed E-state index contributed by atoms with van der Waals surface area (Å²) < 4.78 is 6.85. The first-order valence-electron chi connectivity index (χ1n) is 10.1. The predicted molar refractivity (Wildman–Crippen MR) is 123 cm³/mol. The van der Waals surface area contributed by atoms with Crippen molar-refractivity contribution in [3.63, 3.8) is 0 Å². The molecule has 3 aromatic carbocycles. The number of aromatic nitrogens is 1. The number of rotatable bonds is 8. The zero-order valence-electron chi connectivity index (χ0n) is 17.0. The third-order valence-electron chi connectivity index (χ3n) is 4.92. The maximum absolute atomic E-state index is 13.2. The number of nitrogens with zero attached hydrogens (tertiary/aromatic N) is 2. The van der Waals surface area contributed by atoms with E-state index in [-0.39, 0.29) is 12.3 Å². The molecule has 5 heteroatoms. The highest BCUT2D eigenvalue weighted by atomic mass is 32.1. The molecule has 0 atom stereocenters. The molecule has 0 saturated carbocycles. The molecule has 30 heavy (non-hydrogen) atoms. The second kappa shape index (κ2) is 9.55. The second-order valence-corrected chi connectivity index (χ2v) is 8.00. The first kappa shape index (κ1) is 20.1. The first-order chi connectivity index (χ1) is 14.7. The molecule has 0 bridgehead atoms. The molecule has 4 rings (SSSR count). The van der Waals surface area contributed by atoms with Crippen molar-refractivity contribution in [1.82, 2.24) is 4.98 Å². The van der Waals surface area contributed by atoms with Gasteiger partial charge in [0.2, 0.25) is 5.91 Å². The van der Waals surface area contributed by atoms with Crippen molar-refractivity contribution in [3.05, 3.63) is 90.0 Å². The van der Waals surface area contributed by atoms with Crippen LogP contribution in [0.2, 0.25) is 0 Å². The van der Waals surface area contributed by atoms with Gasteiger partial charge in [0.15, 0.2) is 5.13 Å². The maximum atomic E-state index is 13.2. The number of aryl methyl sites for hydroxylation is 1. The predicted octanol–water partition coefficient (Wildman–Crippen LogP) is 5.86. The van der Waals surface area contributed by atoms with Gasteiger partial charge in [0.25, 0.3) is 0 Å². The van der Waals surface area contributed by atoms with E-state index in [0.717, 1.165) is 33.1 Å². The number of hydrogen-bond acceptors (Lipinski definition) is 4. The van der Waals surface area contributed by atoms with E-state index in [0.29, 0.717) is 13.2 Å². The molecular weight excluding hydrogens is 392 g/mol. The van der Waals surface area contributed by atoms with Crippen molar-refractivity contribution in [2.24, 2.45) is 0 Å². The second-order valence-electron chi connectivity index (χ2n) is 6.99. The number of anilines is 1. The van der Waals surface area contributed by atoms with Gasteiger partial charge >= 0.3 is 0 Å². The largest absolute Gasteiger partial charge is 0.493 e. The van der Waals surface area contributed by atoms with Crippen LogP contribution < -0.4 is 9.64 Å². The molecule has 0 aliphatic rings. The highest BCUT2D eigenvalue weighted by Gasteiger charge is 2.21. The van der Waals surface area contributed by atoms with Crippen LogP contribution in [0.1, 0.15) is 24.5 Å². The number of carbonyl (C=O) groups excluding carboxylic acids is 1. The van der Waals surface area contributed by atoms with Crippen LogP contribution >= 0.6 is 11.3 Å². The zero-order valence-corrected chi connectivity index (χ0v) is 17.8. The summed E-state index contributed by atoms with van der Waals surface area (Å²) in [5.74, 6) is 0.777. The van der Waals surface area contributed by atoms with Gasteiger partial charge in [-0.15, -0.1) is 0 Å². The Labute approximate surface area is 180 Å². The minimum absolute atomic E-state index is 0.00638. The third kappa shape index (κ3) is 4.69. The van der Waals surface area contributed by atoms with Crippen LogP contribution in [-0.2, 0) is 17.8 Å². The summed E-state index contributed by atoms with van der Waals surface area (Å²) in [6, 6.07) is 25.8. The molecule has 152 valence electrons. The van der Waals surface area contributed by atoms with Gasteiger partial charge in [0.1, 0.15) is 5.75 Å². The minimum Gasteiger partial charge on any atom is -0.493 e. The zero-order chi connectivity index (χ0) is 20.8. The smallest absolute Gasteiger partial charge is 0.232 e. The van der Waals surface area contributed by atoms with Crippen molar-refractivity contribution >= 4 is 32.6 Å². The normalized spacial score (nSPS) is 10.8. The molecule has 4 aromatic rings. The Balaban J connectivity index is 1.57. The van der Waals surface area contributed by atoms with E-state index in [1.165, 1.54) is 5.56 Å². The Morgan fingerprint density at radius 2 is 1.70 bits per heavy atom. The quantitative estimate of drug-likeness (QED) is 0.361. The molecule has 4 nitrogen and oxygen atoms in total. The van der Waals surface area contributed by atoms with Crippen molar-refractivity contribution in [2.45, 2.75) is 26.3 Å². The van der Waals surface area contributed by atoms with Gasteiger partial charge in [-0.05, 0) is 35.7 Å². The summed E-state index contributed by atoms with van der Waals surface area (Å²) in [7, 11) is 0. The number of fused-ring (bicyclic) bond motifs is 1. The van der Waals surface area contributed by atoms with E-state index in [4.69, 9.17) is 9.72 Å². The Bertz CT molecular complexity index is 1110. The molecule has 0 aliphatic heterocycles. The average molecular weight is 417 g/mol. The lowest BCUT2D eigenvalue weighted by molar-refractivity contribution is -0.119. The minimum atomic E-state index is 0.00638. The van der Waals surface area contributed by atoms with Crippen LogP contribution in [-0.4, -0.2) is 17.5 Å². The van der Waals surface area contributed by atoms with Gasteiger partial charge in [0, 0.05) is 0 Å². The third-order valence-corrected chi connectivity index (χ3v) is 5.96. The lowest BCUT2D eigenvalue weighted by Gasteiger charge is -2.20. The molecule has 0 radical (unpaired) electrons. The molecule has 0 unspecified atom stereocenters. The Hall–Kier alpha value is -3.18. The number of amides is 1. The number of hydrogen-bond donors (Lipinski definition) is 0. The van der Waals surface area contributed by atoms with E-state index in [1.54, 1.807) is 16.2 Å². The monoisotopic (exact) mass is 416 g/mol. The van der Waals surface area contributed by atoms with E-state index in [1.807, 2.05) is 60.7 Å². The van der Waals surface area contributed by atoms with Gasteiger partial charge in [-0.25, -0.2) is 4.98 Å². The van der Waals surface area contributed by atoms with Gasteiger partial charge in [-0.2, -0.15) is 0 Å². The van der Waals surface area contributed by atoms with Crippen LogP contribution in [0.25, 0.3) is 10.2 Å². The van der Waals surface area contributed by atoms with E-state index in [9.17, 15) is 4.79 Å². The van der Waals surface area contributed by atoms with Crippen LogP contribution in [0.4, 0.5) is 5.13 Å². The summed E-state index contributed by atoms with van der Waals surface area (Å²) in [5.41, 5.74) is 3.27. The molecule has 0 saturated heterocycles. The standard InChI is InChI=1S/C25H24N2O2S/c1-2-20-12-9-15-22-24(20)26-25(30-22)27(18-19-10-5-3-6-11-19)23(28)16-17-29-21-13-7-4-8-14-21/h3-15H,2,16-18H2,1H3. The number of thiazole rings is 1. The van der Waals surface area contributed by atoms with Crippen LogP contribution in [0.15, 0.2) is 78.9 Å². The molecule has 1 heterocycles. The van der Waals surface area contributed by atoms with Crippen LogP contribution in [0, 0.1) is 0 Å². The molecular formula is C25H24N2O2S. The maximum Gasteiger partial charge on any atom is 0.232 e. The number of carbonyl (C=O) groups is 1. The van der Waals surface area contributed by atoms with E-state index in [2.05, 4.69) is 25.1 Å². The van der Waals surface area contributed by atoms with Crippen LogP contribution in [0.5, 0.6) is 5.75 Å². The summed E-state index contributed by atoms with van der Waals surface area (Å²) in [6.07, 6.45) is 1.20. The number of para-hydroxylation sites is 2. The molecule has 0 aliphatic carbocycles. The van der Waals surface area contributed by atoms with Gasteiger partial charge in [-0.3, -0.25) is 9.69 Å². The summed E-state index contributed by atoms with van der Waals surface area (Å²) in [5, 5.41) is 0.736. The van der Waals surface area contributed by atoms with Gasteiger partial charge in [-0.1, -0.05) is 78.9 Å². The SMILES string of the molecule is CCc1cccc2sc(N(Cc3ccccc3)C(=O)CCOc3ccccc3)nc12. The number of benzene rings is 3. The van der Waals surface area contributed by atoms with Crippen molar-refractivity contribution in [3.8, 4) is 5.75 Å².